The van der Waals surface area contributed by atoms with Gasteiger partial charge in [0.05, 0.1) is 31.5 Å². The normalized spacial score (nSPS) is 16.8. The highest BCUT2D eigenvalue weighted by Gasteiger charge is 2.23. The number of aromatic nitrogens is 1. The number of thiazole rings is 1. The summed E-state index contributed by atoms with van der Waals surface area (Å²) < 4.78 is 18.9. The molecule has 2 N–H and O–H groups in total. The zero-order valence-electron chi connectivity index (χ0n) is 16.7. The minimum atomic E-state index is -0.219. The van der Waals surface area contributed by atoms with E-state index in [9.17, 15) is 4.39 Å². The SMILES string of the molecule is CN=C(NCc1nc(C)c(C)s1)NCC(c1ccc(F)cc1)N1CCOCC1. The lowest BCUT2D eigenvalue weighted by molar-refractivity contribution is 0.0170. The molecule has 8 heteroatoms. The molecule has 0 radical (unpaired) electrons. The van der Waals surface area contributed by atoms with E-state index in [0.29, 0.717) is 26.3 Å². The minimum absolute atomic E-state index is 0.118. The topological polar surface area (TPSA) is 61.8 Å². The molecule has 1 aliphatic rings. The predicted molar refractivity (Wildman–Crippen MR) is 111 cm³/mol. The number of hydrogen-bond acceptors (Lipinski definition) is 5. The Hall–Kier alpha value is -2.03. The van der Waals surface area contributed by atoms with Crippen LogP contribution >= 0.6 is 11.3 Å². The maximum absolute atomic E-state index is 13.4. The Morgan fingerprint density at radius 1 is 1.25 bits per heavy atom. The van der Waals surface area contributed by atoms with Crippen LogP contribution in [0.5, 0.6) is 0 Å². The van der Waals surface area contributed by atoms with E-state index >= 15 is 0 Å². The largest absolute Gasteiger partial charge is 0.379 e. The molecule has 2 aromatic rings. The molecule has 0 spiro atoms. The van der Waals surface area contributed by atoms with Gasteiger partial charge in [0, 0.05) is 31.6 Å². The number of halogens is 1. The van der Waals surface area contributed by atoms with Crippen LogP contribution in [-0.2, 0) is 11.3 Å². The highest BCUT2D eigenvalue weighted by molar-refractivity contribution is 7.11. The molecule has 0 aliphatic carbocycles. The molecule has 2 heterocycles. The number of aryl methyl sites for hydroxylation is 2. The van der Waals surface area contributed by atoms with E-state index in [0.717, 1.165) is 35.3 Å². The van der Waals surface area contributed by atoms with Gasteiger partial charge in [0.15, 0.2) is 5.96 Å². The van der Waals surface area contributed by atoms with Crippen molar-refractivity contribution in [2.24, 2.45) is 4.99 Å². The second kappa shape index (κ2) is 9.95. The second-order valence-electron chi connectivity index (χ2n) is 6.77. The molecule has 1 aromatic heterocycles. The summed E-state index contributed by atoms with van der Waals surface area (Å²) in [6, 6.07) is 6.86. The first-order valence-electron chi connectivity index (χ1n) is 9.51. The Kier molecular flexibility index (Phi) is 7.36. The molecule has 1 aliphatic heterocycles. The van der Waals surface area contributed by atoms with Gasteiger partial charge in [0.1, 0.15) is 10.8 Å². The van der Waals surface area contributed by atoms with E-state index in [-0.39, 0.29) is 11.9 Å². The maximum Gasteiger partial charge on any atom is 0.191 e. The van der Waals surface area contributed by atoms with Crippen molar-refractivity contribution in [3.05, 3.63) is 51.2 Å². The first-order valence-corrected chi connectivity index (χ1v) is 10.3. The van der Waals surface area contributed by atoms with Crippen LogP contribution in [0.4, 0.5) is 4.39 Å². The summed E-state index contributed by atoms with van der Waals surface area (Å²) in [4.78, 5) is 12.5. The molecule has 1 aromatic carbocycles. The molecular formula is C20H28FN5OS. The van der Waals surface area contributed by atoms with E-state index in [4.69, 9.17) is 4.74 Å². The number of aliphatic imine (C=N–C) groups is 1. The summed E-state index contributed by atoms with van der Waals surface area (Å²) in [5.41, 5.74) is 2.16. The van der Waals surface area contributed by atoms with Crippen LogP contribution in [0.25, 0.3) is 0 Å². The number of hydrogen-bond donors (Lipinski definition) is 2. The summed E-state index contributed by atoms with van der Waals surface area (Å²) in [5.74, 6) is 0.509. The average molecular weight is 406 g/mol. The van der Waals surface area contributed by atoms with Crippen molar-refractivity contribution >= 4 is 17.3 Å². The summed E-state index contributed by atoms with van der Waals surface area (Å²) in [6.45, 7) is 8.55. The van der Waals surface area contributed by atoms with Gasteiger partial charge < -0.3 is 15.4 Å². The first-order chi connectivity index (χ1) is 13.6. The van der Waals surface area contributed by atoms with Crippen LogP contribution in [0.15, 0.2) is 29.3 Å². The Bertz CT molecular complexity index is 767. The molecule has 3 rings (SSSR count). The Balaban J connectivity index is 1.62. The molecule has 152 valence electrons. The van der Waals surface area contributed by atoms with Crippen LogP contribution < -0.4 is 10.6 Å². The number of ether oxygens (including phenoxy) is 1. The number of nitrogens with one attached hydrogen (secondary N) is 2. The van der Waals surface area contributed by atoms with Crippen molar-refractivity contribution in [1.29, 1.82) is 0 Å². The van der Waals surface area contributed by atoms with E-state index in [1.807, 2.05) is 19.1 Å². The van der Waals surface area contributed by atoms with Gasteiger partial charge >= 0.3 is 0 Å². The number of benzene rings is 1. The molecule has 0 bridgehead atoms. The van der Waals surface area contributed by atoms with Gasteiger partial charge in [-0.25, -0.2) is 9.37 Å². The van der Waals surface area contributed by atoms with Crippen molar-refractivity contribution < 1.29 is 9.13 Å². The van der Waals surface area contributed by atoms with Crippen LogP contribution in [-0.4, -0.2) is 55.7 Å². The fraction of sp³-hybridized carbons (Fsp3) is 0.500. The fourth-order valence-corrected chi connectivity index (χ4v) is 4.09. The molecule has 1 unspecified atom stereocenters. The highest BCUT2D eigenvalue weighted by Crippen LogP contribution is 2.22. The Morgan fingerprint density at radius 2 is 1.96 bits per heavy atom. The van der Waals surface area contributed by atoms with Gasteiger partial charge in [-0.1, -0.05) is 12.1 Å². The van der Waals surface area contributed by atoms with Crippen molar-refractivity contribution in [1.82, 2.24) is 20.5 Å². The summed E-state index contributed by atoms with van der Waals surface area (Å²) in [6.07, 6.45) is 0. The first kappa shape index (κ1) is 20.7. The zero-order chi connectivity index (χ0) is 19.9. The fourth-order valence-electron chi connectivity index (χ4n) is 3.22. The smallest absolute Gasteiger partial charge is 0.191 e. The third kappa shape index (κ3) is 5.50. The summed E-state index contributed by atoms with van der Waals surface area (Å²) in [5, 5.41) is 7.78. The van der Waals surface area contributed by atoms with E-state index in [1.165, 1.54) is 17.0 Å². The van der Waals surface area contributed by atoms with E-state index in [1.54, 1.807) is 18.4 Å². The molecule has 1 fully saturated rings. The average Bonchev–Trinajstić information content (AvgIpc) is 3.04. The van der Waals surface area contributed by atoms with E-state index in [2.05, 4.69) is 32.4 Å². The lowest BCUT2D eigenvalue weighted by Crippen LogP contribution is -2.46. The molecule has 1 atom stereocenters. The second-order valence-corrected chi connectivity index (χ2v) is 8.06. The quantitative estimate of drug-likeness (QED) is 0.572. The number of morpholine rings is 1. The molecule has 28 heavy (non-hydrogen) atoms. The van der Waals surface area contributed by atoms with E-state index < -0.39 is 0 Å². The number of rotatable bonds is 6. The van der Waals surface area contributed by atoms with Crippen molar-refractivity contribution in [2.45, 2.75) is 26.4 Å². The van der Waals surface area contributed by atoms with Crippen LogP contribution in [0.1, 0.15) is 27.2 Å². The standard InChI is InChI=1S/C20H28FN5OS/c1-14-15(2)28-19(25-14)13-24-20(22-3)23-12-18(26-8-10-27-11-9-26)16-4-6-17(21)7-5-16/h4-7,18H,8-13H2,1-3H3,(H2,22,23,24). The monoisotopic (exact) mass is 405 g/mol. The lowest BCUT2D eigenvalue weighted by atomic mass is 10.0. The van der Waals surface area contributed by atoms with Crippen LogP contribution in [0, 0.1) is 19.7 Å². The lowest BCUT2D eigenvalue weighted by Gasteiger charge is -2.35. The third-order valence-electron chi connectivity index (χ3n) is 4.91. The summed E-state index contributed by atoms with van der Waals surface area (Å²) >= 11 is 1.70. The molecular weight excluding hydrogens is 377 g/mol. The zero-order valence-corrected chi connectivity index (χ0v) is 17.5. The number of nitrogens with zero attached hydrogens (tertiary/aromatic N) is 3. The van der Waals surface area contributed by atoms with Crippen molar-refractivity contribution in [2.75, 3.05) is 39.9 Å². The van der Waals surface area contributed by atoms with Gasteiger partial charge in [0.25, 0.3) is 0 Å². The Morgan fingerprint density at radius 3 is 2.57 bits per heavy atom. The van der Waals surface area contributed by atoms with Gasteiger partial charge in [0.2, 0.25) is 0 Å². The van der Waals surface area contributed by atoms with Crippen LogP contribution in [0.2, 0.25) is 0 Å². The molecule has 0 saturated carbocycles. The Labute approximate surface area is 169 Å². The van der Waals surface area contributed by atoms with Gasteiger partial charge in [-0.2, -0.15) is 0 Å². The van der Waals surface area contributed by atoms with Crippen LogP contribution in [0.3, 0.4) is 0 Å². The van der Waals surface area contributed by atoms with Gasteiger partial charge in [-0.3, -0.25) is 9.89 Å². The van der Waals surface area contributed by atoms with Gasteiger partial charge in [-0.05, 0) is 31.5 Å². The molecule has 0 amide bonds. The third-order valence-corrected chi connectivity index (χ3v) is 5.98. The molecule has 6 nitrogen and oxygen atoms in total. The summed E-state index contributed by atoms with van der Waals surface area (Å²) in [7, 11) is 1.76. The van der Waals surface area contributed by atoms with Crippen molar-refractivity contribution in [3.63, 3.8) is 0 Å². The number of guanidine groups is 1. The maximum atomic E-state index is 13.4. The van der Waals surface area contributed by atoms with Gasteiger partial charge in [-0.15, -0.1) is 11.3 Å². The predicted octanol–water partition coefficient (Wildman–Crippen LogP) is 2.64. The minimum Gasteiger partial charge on any atom is -0.379 e. The molecule has 1 saturated heterocycles. The van der Waals surface area contributed by atoms with Crippen molar-refractivity contribution in [3.8, 4) is 0 Å². The highest BCUT2D eigenvalue weighted by atomic mass is 32.1.